The molecule has 0 aromatic heterocycles. The summed E-state index contributed by atoms with van der Waals surface area (Å²) in [5.41, 5.74) is 5.87. The average molecular weight is 193 g/mol. The van der Waals surface area contributed by atoms with Crippen LogP contribution in [0.5, 0.6) is 5.75 Å². The fraction of sp³-hybridized carbons (Fsp3) is 0.100. The topological polar surface area (TPSA) is 83.5 Å². The molecule has 1 aromatic rings. The lowest BCUT2D eigenvalue weighted by Gasteiger charge is -2.06. The predicted molar refractivity (Wildman–Crippen MR) is 53.4 cm³/mol. The van der Waals surface area contributed by atoms with Gasteiger partial charge in [-0.25, -0.2) is 4.79 Å². The minimum absolute atomic E-state index is 0.0816. The zero-order valence-electron chi connectivity index (χ0n) is 7.53. The summed E-state index contributed by atoms with van der Waals surface area (Å²) in [7, 11) is 0. The number of nitrogen functional groups attached to an aromatic ring is 1. The Hall–Kier alpha value is -1.97. The lowest BCUT2D eigenvalue weighted by molar-refractivity contribution is 0.0697. The van der Waals surface area contributed by atoms with Gasteiger partial charge in [-0.05, 0) is 24.1 Å². The van der Waals surface area contributed by atoms with E-state index < -0.39 is 5.97 Å². The fourth-order valence-corrected chi connectivity index (χ4v) is 1.16. The van der Waals surface area contributed by atoms with Crippen LogP contribution in [0.2, 0.25) is 0 Å². The molecule has 0 aliphatic carbocycles. The number of carboxylic acids is 1. The van der Waals surface area contributed by atoms with Crippen LogP contribution in [0.25, 0.3) is 0 Å². The van der Waals surface area contributed by atoms with E-state index in [-0.39, 0.29) is 17.0 Å². The summed E-state index contributed by atoms with van der Waals surface area (Å²) < 4.78 is 0. The van der Waals surface area contributed by atoms with Gasteiger partial charge in [0.1, 0.15) is 5.75 Å². The molecule has 74 valence electrons. The number of benzene rings is 1. The number of rotatable bonds is 3. The van der Waals surface area contributed by atoms with Crippen molar-refractivity contribution >= 4 is 11.7 Å². The molecule has 0 spiro atoms. The molecular formula is C10H11NO3. The van der Waals surface area contributed by atoms with Gasteiger partial charge in [0.25, 0.3) is 0 Å². The standard InChI is InChI=1S/C10H11NO3/c1-2-3-6-4-7(10(13)14)9(11)8(12)5-6/h2,4-5,12H,1,3,11H2,(H,13,14). The second kappa shape index (κ2) is 3.83. The molecule has 0 amide bonds. The van der Waals surface area contributed by atoms with Gasteiger partial charge in [0, 0.05) is 0 Å². The van der Waals surface area contributed by atoms with E-state index >= 15 is 0 Å². The molecule has 0 aliphatic rings. The summed E-state index contributed by atoms with van der Waals surface area (Å²) >= 11 is 0. The van der Waals surface area contributed by atoms with E-state index in [1.165, 1.54) is 12.1 Å². The number of phenols is 1. The number of hydrogen-bond donors (Lipinski definition) is 3. The van der Waals surface area contributed by atoms with Gasteiger partial charge in [0.05, 0.1) is 11.3 Å². The smallest absolute Gasteiger partial charge is 0.337 e. The first-order chi connectivity index (χ1) is 6.56. The number of aromatic hydroxyl groups is 1. The average Bonchev–Trinajstić information content (AvgIpc) is 2.11. The fourth-order valence-electron chi connectivity index (χ4n) is 1.16. The molecule has 1 rings (SSSR count). The van der Waals surface area contributed by atoms with Crippen LogP contribution in [-0.4, -0.2) is 16.2 Å². The van der Waals surface area contributed by atoms with E-state index in [1.54, 1.807) is 6.08 Å². The number of phenolic OH excluding ortho intramolecular Hbond substituents is 1. The molecule has 0 unspecified atom stereocenters. The third kappa shape index (κ3) is 1.85. The van der Waals surface area contributed by atoms with Crippen LogP contribution in [0, 0.1) is 0 Å². The maximum Gasteiger partial charge on any atom is 0.337 e. The molecule has 0 saturated carbocycles. The van der Waals surface area contributed by atoms with E-state index in [4.69, 9.17) is 10.8 Å². The maximum absolute atomic E-state index is 10.7. The van der Waals surface area contributed by atoms with Crippen molar-refractivity contribution in [2.45, 2.75) is 6.42 Å². The monoisotopic (exact) mass is 193 g/mol. The lowest BCUT2D eigenvalue weighted by Crippen LogP contribution is -2.03. The minimum atomic E-state index is -1.15. The Morgan fingerprint density at radius 3 is 2.71 bits per heavy atom. The maximum atomic E-state index is 10.7. The van der Waals surface area contributed by atoms with Crippen LogP contribution < -0.4 is 5.73 Å². The van der Waals surface area contributed by atoms with Crippen molar-refractivity contribution in [1.29, 1.82) is 0 Å². The van der Waals surface area contributed by atoms with E-state index in [1.807, 2.05) is 0 Å². The molecular weight excluding hydrogens is 182 g/mol. The summed E-state index contributed by atoms with van der Waals surface area (Å²) in [6.45, 7) is 3.52. The van der Waals surface area contributed by atoms with Gasteiger partial charge in [-0.1, -0.05) is 6.08 Å². The number of nitrogens with two attached hydrogens (primary N) is 1. The molecule has 14 heavy (non-hydrogen) atoms. The van der Waals surface area contributed by atoms with Crippen molar-refractivity contribution in [3.8, 4) is 5.75 Å². The van der Waals surface area contributed by atoms with Gasteiger partial charge < -0.3 is 15.9 Å². The summed E-state index contributed by atoms with van der Waals surface area (Å²) in [5.74, 6) is -1.36. The van der Waals surface area contributed by atoms with E-state index in [2.05, 4.69) is 6.58 Å². The molecule has 0 bridgehead atoms. The van der Waals surface area contributed by atoms with Crippen LogP contribution >= 0.6 is 0 Å². The number of hydrogen-bond acceptors (Lipinski definition) is 3. The SMILES string of the molecule is C=CCc1cc(O)c(N)c(C(=O)O)c1. The first-order valence-corrected chi connectivity index (χ1v) is 4.01. The number of allylic oxidation sites excluding steroid dienone is 1. The summed E-state index contributed by atoms with van der Waals surface area (Å²) in [4.78, 5) is 10.7. The Morgan fingerprint density at radius 1 is 1.57 bits per heavy atom. The van der Waals surface area contributed by atoms with Crippen molar-refractivity contribution < 1.29 is 15.0 Å². The van der Waals surface area contributed by atoms with Crippen LogP contribution in [0.1, 0.15) is 15.9 Å². The lowest BCUT2D eigenvalue weighted by atomic mass is 10.1. The van der Waals surface area contributed by atoms with Crippen molar-refractivity contribution in [3.63, 3.8) is 0 Å². The third-order valence-electron chi connectivity index (χ3n) is 1.83. The molecule has 0 fully saturated rings. The second-order valence-corrected chi connectivity index (χ2v) is 2.87. The Bertz CT molecular complexity index is 385. The van der Waals surface area contributed by atoms with Gasteiger partial charge in [-0.3, -0.25) is 0 Å². The van der Waals surface area contributed by atoms with Crippen molar-refractivity contribution in [1.82, 2.24) is 0 Å². The highest BCUT2D eigenvalue weighted by molar-refractivity contribution is 5.95. The normalized spacial score (nSPS) is 9.71. The minimum Gasteiger partial charge on any atom is -0.506 e. The van der Waals surface area contributed by atoms with Gasteiger partial charge in [-0.15, -0.1) is 6.58 Å². The van der Waals surface area contributed by atoms with E-state index in [9.17, 15) is 9.90 Å². The highest BCUT2D eigenvalue weighted by Gasteiger charge is 2.12. The van der Waals surface area contributed by atoms with Crippen molar-refractivity contribution in [2.75, 3.05) is 5.73 Å². The second-order valence-electron chi connectivity index (χ2n) is 2.87. The van der Waals surface area contributed by atoms with Crippen LogP contribution in [-0.2, 0) is 6.42 Å². The molecule has 0 saturated heterocycles. The molecule has 0 aliphatic heterocycles. The molecule has 4 nitrogen and oxygen atoms in total. The van der Waals surface area contributed by atoms with Crippen LogP contribution in [0.15, 0.2) is 24.8 Å². The number of aromatic carboxylic acids is 1. The third-order valence-corrected chi connectivity index (χ3v) is 1.83. The van der Waals surface area contributed by atoms with Gasteiger partial charge in [0.15, 0.2) is 0 Å². The molecule has 0 atom stereocenters. The number of anilines is 1. The number of carbonyl (C=O) groups is 1. The van der Waals surface area contributed by atoms with Crippen molar-refractivity contribution in [3.05, 3.63) is 35.9 Å². The van der Waals surface area contributed by atoms with Crippen LogP contribution in [0.4, 0.5) is 5.69 Å². The van der Waals surface area contributed by atoms with Gasteiger partial charge in [-0.2, -0.15) is 0 Å². The van der Waals surface area contributed by atoms with Gasteiger partial charge in [0.2, 0.25) is 0 Å². The first kappa shape index (κ1) is 10.1. The quantitative estimate of drug-likeness (QED) is 0.385. The van der Waals surface area contributed by atoms with E-state index in [0.29, 0.717) is 12.0 Å². The number of carboxylic acid groups (broad SMARTS) is 1. The first-order valence-electron chi connectivity index (χ1n) is 4.01. The Balaban J connectivity index is 3.27. The largest absolute Gasteiger partial charge is 0.506 e. The predicted octanol–water partition coefficient (Wildman–Crippen LogP) is 1.40. The summed E-state index contributed by atoms with van der Waals surface area (Å²) in [5, 5.41) is 18.1. The zero-order chi connectivity index (χ0) is 10.7. The molecule has 0 heterocycles. The summed E-state index contributed by atoms with van der Waals surface area (Å²) in [6.07, 6.45) is 2.12. The van der Waals surface area contributed by atoms with Crippen molar-refractivity contribution in [2.24, 2.45) is 0 Å². The Labute approximate surface area is 81.3 Å². The molecule has 4 heteroatoms. The molecule has 4 N–H and O–H groups in total. The highest BCUT2D eigenvalue weighted by Crippen LogP contribution is 2.26. The highest BCUT2D eigenvalue weighted by atomic mass is 16.4. The Morgan fingerprint density at radius 2 is 2.21 bits per heavy atom. The van der Waals surface area contributed by atoms with Gasteiger partial charge >= 0.3 is 5.97 Å². The Kier molecular flexibility index (Phi) is 2.76. The molecule has 0 radical (unpaired) electrons. The zero-order valence-corrected chi connectivity index (χ0v) is 7.53. The van der Waals surface area contributed by atoms with Crippen LogP contribution in [0.3, 0.4) is 0 Å². The molecule has 1 aromatic carbocycles. The summed E-state index contributed by atoms with van der Waals surface area (Å²) in [6, 6.07) is 2.86. The van der Waals surface area contributed by atoms with E-state index in [0.717, 1.165) is 0 Å².